The minimum absolute atomic E-state index is 0.151. The van der Waals surface area contributed by atoms with E-state index in [9.17, 15) is 29.4 Å². The first-order valence-electron chi connectivity index (χ1n) is 11.4. The Hall–Kier alpha value is -3.36. The van der Waals surface area contributed by atoms with Crippen LogP contribution in [0.2, 0.25) is 0 Å². The molecule has 0 spiro atoms. The lowest BCUT2D eigenvalue weighted by Gasteiger charge is -2.37. The molecule has 8 heteroatoms. The van der Waals surface area contributed by atoms with E-state index in [1.54, 1.807) is 0 Å². The molecule has 2 aromatic carbocycles. The summed E-state index contributed by atoms with van der Waals surface area (Å²) in [7, 11) is 0. The summed E-state index contributed by atoms with van der Waals surface area (Å²) >= 11 is 0. The third kappa shape index (κ3) is 4.64. The SMILES string of the molecule is CCC1(c2ccccc2)CC(O)C(=O)NC1=O.CCC1(c2ccccc2)CC(O)C(=O)NC1=O. The Morgan fingerprint density at radius 3 is 1.29 bits per heavy atom. The normalized spacial score (nSPS) is 28.9. The first kappa shape index (κ1) is 25.3. The van der Waals surface area contributed by atoms with Gasteiger partial charge in [0.25, 0.3) is 11.8 Å². The molecule has 0 bridgehead atoms. The molecule has 4 atom stereocenters. The predicted molar refractivity (Wildman–Crippen MR) is 124 cm³/mol. The van der Waals surface area contributed by atoms with Gasteiger partial charge in [0.05, 0.1) is 10.8 Å². The van der Waals surface area contributed by atoms with E-state index >= 15 is 0 Å². The maximum atomic E-state index is 12.1. The summed E-state index contributed by atoms with van der Waals surface area (Å²) in [6, 6.07) is 18.6. The molecule has 4 rings (SSSR count). The van der Waals surface area contributed by atoms with Crippen molar-refractivity contribution in [3.8, 4) is 0 Å². The zero-order valence-corrected chi connectivity index (χ0v) is 19.3. The molecule has 0 radical (unpaired) electrons. The summed E-state index contributed by atoms with van der Waals surface area (Å²) in [5, 5.41) is 23.8. The van der Waals surface area contributed by atoms with E-state index in [0.717, 1.165) is 11.1 Å². The molecule has 34 heavy (non-hydrogen) atoms. The standard InChI is InChI=1S/2C13H15NO3/c2*1-2-13(9-6-4-3-5-7-9)8-10(15)11(16)14-12(13)17/h2*3-7,10,15H,2,8H2,1H3,(H,14,16,17). The van der Waals surface area contributed by atoms with Crippen LogP contribution in [0.1, 0.15) is 50.7 Å². The molecule has 4 unspecified atom stereocenters. The summed E-state index contributed by atoms with van der Waals surface area (Å²) in [6.07, 6.45) is -0.836. The average Bonchev–Trinajstić information content (AvgIpc) is 2.85. The number of carbonyl (C=O) groups is 4. The lowest BCUT2D eigenvalue weighted by atomic mass is 9.71. The van der Waals surface area contributed by atoms with Crippen molar-refractivity contribution < 1.29 is 29.4 Å². The van der Waals surface area contributed by atoms with E-state index in [1.165, 1.54) is 0 Å². The van der Waals surface area contributed by atoms with Gasteiger partial charge in [-0.15, -0.1) is 0 Å². The molecule has 8 nitrogen and oxygen atoms in total. The monoisotopic (exact) mass is 466 g/mol. The molecule has 2 aromatic rings. The quantitative estimate of drug-likeness (QED) is 0.505. The van der Waals surface area contributed by atoms with Crippen molar-refractivity contribution in [3.05, 3.63) is 71.8 Å². The van der Waals surface area contributed by atoms with E-state index in [-0.39, 0.29) is 24.7 Å². The number of piperidine rings is 2. The number of nitrogens with one attached hydrogen (secondary N) is 2. The van der Waals surface area contributed by atoms with Crippen molar-refractivity contribution in [1.29, 1.82) is 0 Å². The fourth-order valence-corrected chi connectivity index (χ4v) is 4.69. The zero-order valence-electron chi connectivity index (χ0n) is 19.3. The number of aliphatic hydroxyl groups excluding tert-OH is 2. The zero-order chi connectivity index (χ0) is 24.9. The van der Waals surface area contributed by atoms with Crippen LogP contribution in [0.3, 0.4) is 0 Å². The highest BCUT2D eigenvalue weighted by atomic mass is 16.3. The van der Waals surface area contributed by atoms with E-state index in [2.05, 4.69) is 10.6 Å². The van der Waals surface area contributed by atoms with Gasteiger partial charge in [0.2, 0.25) is 11.8 Å². The molecule has 0 saturated carbocycles. The number of hydrogen-bond donors (Lipinski definition) is 4. The number of amides is 4. The van der Waals surface area contributed by atoms with Crippen LogP contribution in [-0.2, 0) is 30.0 Å². The number of aliphatic hydroxyl groups is 2. The first-order valence-corrected chi connectivity index (χ1v) is 11.4. The Balaban J connectivity index is 0.000000191. The second-order valence-electron chi connectivity index (χ2n) is 8.68. The van der Waals surface area contributed by atoms with E-state index in [1.807, 2.05) is 74.5 Å². The Morgan fingerprint density at radius 2 is 1.00 bits per heavy atom. The van der Waals surface area contributed by atoms with Gasteiger partial charge in [0.1, 0.15) is 12.2 Å². The third-order valence-corrected chi connectivity index (χ3v) is 6.89. The highest BCUT2D eigenvalue weighted by Gasteiger charge is 2.47. The van der Waals surface area contributed by atoms with Crippen LogP contribution in [0.5, 0.6) is 0 Å². The Labute approximate surface area is 198 Å². The Morgan fingerprint density at radius 1 is 0.676 bits per heavy atom. The van der Waals surface area contributed by atoms with Gasteiger partial charge in [0, 0.05) is 12.8 Å². The van der Waals surface area contributed by atoms with Crippen LogP contribution < -0.4 is 10.6 Å². The molecular weight excluding hydrogens is 436 g/mol. The van der Waals surface area contributed by atoms with Crippen molar-refractivity contribution in [2.75, 3.05) is 0 Å². The van der Waals surface area contributed by atoms with Crippen molar-refractivity contribution >= 4 is 23.6 Å². The van der Waals surface area contributed by atoms with Crippen molar-refractivity contribution in [3.63, 3.8) is 0 Å². The summed E-state index contributed by atoms with van der Waals surface area (Å²) in [6.45, 7) is 3.77. The number of benzene rings is 2. The van der Waals surface area contributed by atoms with Crippen LogP contribution >= 0.6 is 0 Å². The van der Waals surface area contributed by atoms with Crippen molar-refractivity contribution in [1.82, 2.24) is 10.6 Å². The first-order chi connectivity index (χ1) is 16.2. The van der Waals surface area contributed by atoms with Gasteiger partial charge < -0.3 is 10.2 Å². The van der Waals surface area contributed by atoms with E-state index in [4.69, 9.17) is 0 Å². The molecule has 4 N–H and O–H groups in total. The molecule has 180 valence electrons. The smallest absolute Gasteiger partial charge is 0.255 e. The lowest BCUT2D eigenvalue weighted by Crippen LogP contribution is -2.57. The molecular formula is C26H30N2O6. The Bertz CT molecular complexity index is 972. The molecule has 2 heterocycles. The second kappa shape index (κ2) is 10.3. The van der Waals surface area contributed by atoms with Crippen LogP contribution in [-0.4, -0.2) is 46.0 Å². The molecule has 0 aliphatic carbocycles. The van der Waals surface area contributed by atoms with Crippen LogP contribution in [0.15, 0.2) is 60.7 Å². The number of rotatable bonds is 4. The summed E-state index contributed by atoms with van der Waals surface area (Å²) in [5.74, 6) is -1.84. The fourth-order valence-electron chi connectivity index (χ4n) is 4.69. The molecule has 2 aliphatic rings. The summed E-state index contributed by atoms with van der Waals surface area (Å²) in [4.78, 5) is 46.6. The molecule has 2 aliphatic heterocycles. The van der Waals surface area contributed by atoms with Gasteiger partial charge in [-0.2, -0.15) is 0 Å². The van der Waals surface area contributed by atoms with Crippen LogP contribution in [0.4, 0.5) is 0 Å². The molecule has 4 amide bonds. The van der Waals surface area contributed by atoms with Gasteiger partial charge in [-0.05, 0) is 24.0 Å². The predicted octanol–water partition coefficient (Wildman–Crippen LogP) is 1.48. The summed E-state index contributed by atoms with van der Waals surface area (Å²) in [5.41, 5.74) is 0.0847. The largest absolute Gasteiger partial charge is 0.383 e. The van der Waals surface area contributed by atoms with Gasteiger partial charge >= 0.3 is 0 Å². The highest BCUT2D eigenvalue weighted by molar-refractivity contribution is 6.06. The van der Waals surface area contributed by atoms with Crippen molar-refractivity contribution in [2.24, 2.45) is 0 Å². The molecule has 0 aromatic heterocycles. The average molecular weight is 467 g/mol. The Kier molecular flexibility index (Phi) is 7.64. The fraction of sp³-hybridized carbons (Fsp3) is 0.385. The molecule has 2 saturated heterocycles. The van der Waals surface area contributed by atoms with Crippen molar-refractivity contribution in [2.45, 2.75) is 62.6 Å². The highest BCUT2D eigenvalue weighted by Crippen LogP contribution is 2.36. The number of carbonyl (C=O) groups excluding carboxylic acids is 4. The molecule has 2 fully saturated rings. The van der Waals surface area contributed by atoms with Gasteiger partial charge in [0.15, 0.2) is 0 Å². The number of hydrogen-bond acceptors (Lipinski definition) is 6. The van der Waals surface area contributed by atoms with Gasteiger partial charge in [-0.3, -0.25) is 29.8 Å². The van der Waals surface area contributed by atoms with Gasteiger partial charge in [-0.25, -0.2) is 0 Å². The topological polar surface area (TPSA) is 133 Å². The van der Waals surface area contributed by atoms with Crippen LogP contribution in [0, 0.1) is 0 Å². The number of imide groups is 2. The van der Waals surface area contributed by atoms with Crippen LogP contribution in [0.25, 0.3) is 0 Å². The maximum absolute atomic E-state index is 12.1. The maximum Gasteiger partial charge on any atom is 0.255 e. The minimum atomic E-state index is -1.12. The summed E-state index contributed by atoms with van der Waals surface area (Å²) < 4.78 is 0. The third-order valence-electron chi connectivity index (χ3n) is 6.89. The van der Waals surface area contributed by atoms with E-state index in [0.29, 0.717) is 12.8 Å². The minimum Gasteiger partial charge on any atom is -0.383 e. The van der Waals surface area contributed by atoms with E-state index < -0.39 is 34.9 Å². The second-order valence-corrected chi connectivity index (χ2v) is 8.68. The van der Waals surface area contributed by atoms with Gasteiger partial charge in [-0.1, -0.05) is 74.5 Å². The lowest BCUT2D eigenvalue weighted by molar-refractivity contribution is -0.146.